The van der Waals surface area contributed by atoms with E-state index in [1.54, 1.807) is 18.4 Å². The quantitative estimate of drug-likeness (QED) is 0.849. The molecule has 1 aromatic carbocycles. The zero-order chi connectivity index (χ0) is 15.2. The average Bonchev–Trinajstić information content (AvgIpc) is 3.00. The third-order valence-corrected chi connectivity index (χ3v) is 4.41. The van der Waals surface area contributed by atoms with Crippen LogP contribution in [0.4, 0.5) is 0 Å². The summed E-state index contributed by atoms with van der Waals surface area (Å²) in [5.41, 5.74) is 6.62. The van der Waals surface area contributed by atoms with Crippen LogP contribution >= 0.6 is 23.7 Å². The number of nitrogens with two attached hydrogens (primary N) is 1. The number of ether oxygens (including phenoxy) is 1. The van der Waals surface area contributed by atoms with E-state index < -0.39 is 0 Å². The van der Waals surface area contributed by atoms with Gasteiger partial charge in [-0.1, -0.05) is 6.92 Å². The highest BCUT2D eigenvalue weighted by molar-refractivity contribution is 7.15. The fraction of sp³-hybridized carbons (Fsp3) is 0.312. The van der Waals surface area contributed by atoms with E-state index in [-0.39, 0.29) is 24.2 Å². The van der Waals surface area contributed by atoms with Crippen molar-refractivity contribution < 1.29 is 9.53 Å². The minimum absolute atomic E-state index is 0. The Labute approximate surface area is 141 Å². The molecule has 3 N–H and O–H groups in total. The maximum absolute atomic E-state index is 11.7. The zero-order valence-corrected chi connectivity index (χ0v) is 14.3. The number of nitrogens with one attached hydrogen (secondary N) is 1. The van der Waals surface area contributed by atoms with Gasteiger partial charge in [-0.25, -0.2) is 0 Å². The summed E-state index contributed by atoms with van der Waals surface area (Å²) in [6.07, 6.45) is 0. The fourth-order valence-corrected chi connectivity index (χ4v) is 2.79. The molecule has 0 radical (unpaired) electrons. The zero-order valence-electron chi connectivity index (χ0n) is 12.7. The molecule has 2 rings (SSSR count). The second-order valence-corrected chi connectivity index (χ2v) is 6.02. The van der Waals surface area contributed by atoms with Gasteiger partial charge < -0.3 is 15.8 Å². The van der Waals surface area contributed by atoms with E-state index in [0.717, 1.165) is 16.2 Å². The molecule has 6 heteroatoms. The van der Waals surface area contributed by atoms with Gasteiger partial charge in [0.2, 0.25) is 5.91 Å². The monoisotopic (exact) mass is 340 g/mol. The summed E-state index contributed by atoms with van der Waals surface area (Å²) in [5, 5.41) is 2.90. The number of benzene rings is 1. The van der Waals surface area contributed by atoms with Crippen LogP contribution < -0.4 is 15.8 Å². The molecule has 0 spiro atoms. The molecule has 0 saturated carbocycles. The number of halogens is 1. The first kappa shape index (κ1) is 18.5. The number of rotatable bonds is 6. The van der Waals surface area contributed by atoms with E-state index in [2.05, 4.69) is 11.4 Å². The first-order valence-electron chi connectivity index (χ1n) is 6.85. The molecule has 1 atom stereocenters. The van der Waals surface area contributed by atoms with Crippen LogP contribution in [0.2, 0.25) is 0 Å². The van der Waals surface area contributed by atoms with Crippen LogP contribution in [0.15, 0.2) is 36.4 Å². The number of methoxy groups -OCH3 is 1. The van der Waals surface area contributed by atoms with Crippen molar-refractivity contribution >= 4 is 29.7 Å². The van der Waals surface area contributed by atoms with Gasteiger partial charge in [0, 0.05) is 22.2 Å². The minimum atomic E-state index is -0.147. The molecule has 0 bridgehead atoms. The summed E-state index contributed by atoms with van der Waals surface area (Å²) in [6, 6.07) is 12.1. The molecule has 1 amide bonds. The molecule has 4 nitrogen and oxygen atoms in total. The normalized spacial score (nSPS) is 11.4. The van der Waals surface area contributed by atoms with Gasteiger partial charge >= 0.3 is 0 Å². The molecule has 0 saturated heterocycles. The van der Waals surface area contributed by atoms with E-state index in [0.29, 0.717) is 13.1 Å². The highest BCUT2D eigenvalue weighted by Gasteiger charge is 2.10. The highest BCUT2D eigenvalue weighted by Crippen LogP contribution is 2.29. The smallest absolute Gasteiger partial charge is 0.224 e. The van der Waals surface area contributed by atoms with Gasteiger partial charge in [0.15, 0.2) is 0 Å². The lowest BCUT2D eigenvalue weighted by Crippen LogP contribution is -2.32. The Morgan fingerprint density at radius 1 is 1.27 bits per heavy atom. The van der Waals surface area contributed by atoms with Crippen LogP contribution in [0, 0.1) is 5.92 Å². The fourth-order valence-electron chi connectivity index (χ4n) is 1.84. The van der Waals surface area contributed by atoms with Crippen LogP contribution in [0.1, 0.15) is 11.8 Å². The number of carbonyl (C=O) groups excluding carboxylic acids is 1. The van der Waals surface area contributed by atoms with Gasteiger partial charge in [0.25, 0.3) is 0 Å². The summed E-state index contributed by atoms with van der Waals surface area (Å²) in [5.74, 6) is 0.696. The maximum Gasteiger partial charge on any atom is 0.224 e. The predicted octanol–water partition coefficient (Wildman–Crippen LogP) is 3.06. The van der Waals surface area contributed by atoms with E-state index in [1.165, 1.54) is 4.88 Å². The molecule has 1 aromatic heterocycles. The second-order valence-electron chi connectivity index (χ2n) is 4.85. The maximum atomic E-state index is 11.7. The Morgan fingerprint density at radius 2 is 1.95 bits per heavy atom. The Balaban J connectivity index is 0.00000242. The van der Waals surface area contributed by atoms with Crippen LogP contribution in [0.5, 0.6) is 5.75 Å². The van der Waals surface area contributed by atoms with Gasteiger partial charge in [-0.3, -0.25) is 4.79 Å². The van der Waals surface area contributed by atoms with Crippen molar-refractivity contribution in [3.8, 4) is 16.2 Å². The average molecular weight is 341 g/mol. The highest BCUT2D eigenvalue weighted by atomic mass is 35.5. The van der Waals surface area contributed by atoms with E-state index >= 15 is 0 Å². The predicted molar refractivity (Wildman–Crippen MR) is 93.6 cm³/mol. The Kier molecular flexibility index (Phi) is 7.38. The first-order chi connectivity index (χ1) is 10.1. The van der Waals surface area contributed by atoms with E-state index in [4.69, 9.17) is 10.5 Å². The molecule has 0 aliphatic carbocycles. The van der Waals surface area contributed by atoms with Crippen molar-refractivity contribution in [2.75, 3.05) is 13.7 Å². The molecule has 1 unspecified atom stereocenters. The summed E-state index contributed by atoms with van der Waals surface area (Å²) >= 11 is 1.67. The van der Waals surface area contributed by atoms with Crippen LogP contribution in [-0.2, 0) is 11.3 Å². The summed E-state index contributed by atoms with van der Waals surface area (Å²) < 4.78 is 5.15. The lowest BCUT2D eigenvalue weighted by molar-refractivity contribution is -0.124. The molecule has 0 fully saturated rings. The van der Waals surface area contributed by atoms with Crippen molar-refractivity contribution in [2.45, 2.75) is 13.5 Å². The topological polar surface area (TPSA) is 64.3 Å². The molecule has 0 aliphatic rings. The van der Waals surface area contributed by atoms with E-state index in [9.17, 15) is 4.79 Å². The molecular weight excluding hydrogens is 320 g/mol. The molecule has 2 aromatic rings. The largest absolute Gasteiger partial charge is 0.497 e. The van der Waals surface area contributed by atoms with Crippen LogP contribution in [-0.4, -0.2) is 19.6 Å². The van der Waals surface area contributed by atoms with Crippen LogP contribution in [0.3, 0.4) is 0 Å². The summed E-state index contributed by atoms with van der Waals surface area (Å²) in [7, 11) is 1.66. The minimum Gasteiger partial charge on any atom is -0.497 e. The summed E-state index contributed by atoms with van der Waals surface area (Å²) in [4.78, 5) is 14.0. The Morgan fingerprint density at radius 3 is 2.55 bits per heavy atom. The number of thiophene rings is 1. The van der Waals surface area contributed by atoms with Crippen molar-refractivity contribution in [1.82, 2.24) is 5.32 Å². The molecule has 22 heavy (non-hydrogen) atoms. The van der Waals surface area contributed by atoms with Gasteiger partial charge in [-0.15, -0.1) is 23.7 Å². The van der Waals surface area contributed by atoms with Crippen molar-refractivity contribution in [3.63, 3.8) is 0 Å². The van der Waals surface area contributed by atoms with E-state index in [1.807, 2.05) is 37.3 Å². The van der Waals surface area contributed by atoms with Crippen LogP contribution in [0.25, 0.3) is 10.4 Å². The lowest BCUT2D eigenvalue weighted by atomic mass is 10.1. The SMILES string of the molecule is COc1ccc(-c2ccc(CNC(=O)C(C)CN)s2)cc1.Cl. The molecule has 0 aliphatic heterocycles. The Bertz CT molecular complexity index is 598. The number of hydrogen-bond donors (Lipinski definition) is 2. The molecule has 1 heterocycles. The van der Waals surface area contributed by atoms with Crippen molar-refractivity contribution in [1.29, 1.82) is 0 Å². The first-order valence-corrected chi connectivity index (χ1v) is 7.66. The summed E-state index contributed by atoms with van der Waals surface area (Å²) in [6.45, 7) is 2.74. The number of carbonyl (C=O) groups is 1. The van der Waals surface area contributed by atoms with Gasteiger partial charge in [0.1, 0.15) is 5.75 Å². The number of hydrogen-bond acceptors (Lipinski definition) is 4. The third kappa shape index (κ3) is 4.73. The third-order valence-electron chi connectivity index (χ3n) is 3.27. The standard InChI is InChI=1S/C16H20N2O2S.ClH/c1-11(9-17)16(19)18-10-14-7-8-15(21-14)12-3-5-13(20-2)6-4-12;/h3-8,11H,9-10,17H2,1-2H3,(H,18,19);1H. The van der Waals surface area contributed by atoms with Gasteiger partial charge in [0.05, 0.1) is 13.7 Å². The molecular formula is C16H21ClN2O2S. The van der Waals surface area contributed by atoms with Gasteiger partial charge in [-0.05, 0) is 42.0 Å². The van der Waals surface area contributed by atoms with Crippen molar-refractivity contribution in [2.24, 2.45) is 11.7 Å². The molecule has 120 valence electrons. The second kappa shape index (κ2) is 8.78. The number of amides is 1. The Hall–Kier alpha value is -1.56. The van der Waals surface area contributed by atoms with Gasteiger partial charge in [-0.2, -0.15) is 0 Å². The van der Waals surface area contributed by atoms with Crippen molar-refractivity contribution in [3.05, 3.63) is 41.3 Å². The lowest BCUT2D eigenvalue weighted by Gasteiger charge is -2.08.